The molecule has 1 aromatic carbocycles. The summed E-state index contributed by atoms with van der Waals surface area (Å²) < 4.78 is 43.8. The van der Waals surface area contributed by atoms with Crippen LogP contribution in [-0.4, -0.2) is 19.4 Å². The van der Waals surface area contributed by atoms with Crippen LogP contribution < -0.4 is 4.74 Å². The molecule has 0 unspecified atom stereocenters. The fraction of sp³-hybridized carbons (Fsp3) is 0.182. The van der Waals surface area contributed by atoms with Gasteiger partial charge < -0.3 is 9.47 Å². The number of hydrogen-bond donors (Lipinski definition) is 0. The van der Waals surface area contributed by atoms with Crippen LogP contribution in [0.3, 0.4) is 0 Å². The summed E-state index contributed by atoms with van der Waals surface area (Å²) in [6.45, 7) is 1.22. The standard InChI is InChI=1S/C11H7ClF3O3/c12-10-6-9(18-11(13,14)15)4-3-8(10)2-1-5-17-7-16/h1-4,6H,5H2/b2-1+. The summed E-state index contributed by atoms with van der Waals surface area (Å²) in [6, 6.07) is 3.53. The van der Waals surface area contributed by atoms with E-state index in [2.05, 4.69) is 9.47 Å². The topological polar surface area (TPSA) is 35.5 Å². The van der Waals surface area contributed by atoms with Gasteiger partial charge in [-0.15, -0.1) is 13.2 Å². The number of ether oxygens (including phenoxy) is 2. The van der Waals surface area contributed by atoms with Gasteiger partial charge in [0.15, 0.2) is 0 Å². The Bertz CT molecular complexity index is 444. The van der Waals surface area contributed by atoms with Gasteiger partial charge in [-0.2, -0.15) is 0 Å². The van der Waals surface area contributed by atoms with E-state index in [-0.39, 0.29) is 11.6 Å². The van der Waals surface area contributed by atoms with Gasteiger partial charge in [0.2, 0.25) is 0 Å². The van der Waals surface area contributed by atoms with Crippen LogP contribution >= 0.6 is 11.6 Å². The molecule has 3 nitrogen and oxygen atoms in total. The van der Waals surface area contributed by atoms with Crippen LogP contribution in [-0.2, 0) is 9.53 Å². The van der Waals surface area contributed by atoms with E-state index in [9.17, 15) is 18.0 Å². The Morgan fingerprint density at radius 1 is 1.39 bits per heavy atom. The molecule has 0 atom stereocenters. The molecule has 0 saturated heterocycles. The van der Waals surface area contributed by atoms with Gasteiger partial charge in [-0.05, 0) is 29.8 Å². The summed E-state index contributed by atoms with van der Waals surface area (Å²) in [4.78, 5) is 9.73. The fourth-order valence-electron chi connectivity index (χ4n) is 1.10. The zero-order valence-electron chi connectivity index (χ0n) is 8.83. The van der Waals surface area contributed by atoms with Crippen LogP contribution in [0.1, 0.15) is 5.56 Å². The summed E-state index contributed by atoms with van der Waals surface area (Å²) in [5.74, 6) is -0.401. The van der Waals surface area contributed by atoms with Crippen molar-refractivity contribution in [2.45, 2.75) is 6.36 Å². The van der Waals surface area contributed by atoms with E-state index in [1.807, 2.05) is 0 Å². The molecule has 0 aromatic heterocycles. The Morgan fingerprint density at radius 3 is 2.67 bits per heavy atom. The van der Waals surface area contributed by atoms with Crippen LogP contribution in [0.5, 0.6) is 5.75 Å². The molecule has 0 spiro atoms. The summed E-state index contributed by atoms with van der Waals surface area (Å²) in [7, 11) is 0. The molecule has 1 aromatic rings. The lowest BCUT2D eigenvalue weighted by Gasteiger charge is -2.09. The molecule has 1 radical (unpaired) electrons. The minimum Gasteiger partial charge on any atom is -0.453 e. The lowest BCUT2D eigenvalue weighted by molar-refractivity contribution is -0.274. The van der Waals surface area contributed by atoms with Crippen molar-refractivity contribution in [3.63, 3.8) is 0 Å². The molecule has 1 rings (SSSR count). The predicted octanol–water partition coefficient (Wildman–Crippen LogP) is 3.34. The zero-order valence-corrected chi connectivity index (χ0v) is 9.59. The van der Waals surface area contributed by atoms with Crippen molar-refractivity contribution in [3.05, 3.63) is 34.9 Å². The molecular formula is C11H7ClF3O3. The molecule has 0 aliphatic heterocycles. The summed E-state index contributed by atoms with van der Waals surface area (Å²) in [5, 5.41) is 0.0862. The minimum atomic E-state index is -4.76. The van der Waals surface area contributed by atoms with Crippen LogP contribution in [0, 0.1) is 0 Å². The molecule has 0 heterocycles. The number of benzene rings is 1. The van der Waals surface area contributed by atoms with Gasteiger partial charge in [0.1, 0.15) is 12.4 Å². The van der Waals surface area contributed by atoms with Gasteiger partial charge >= 0.3 is 12.8 Å². The van der Waals surface area contributed by atoms with Gasteiger partial charge in [-0.25, -0.2) is 4.79 Å². The van der Waals surface area contributed by atoms with Crippen LogP contribution in [0.15, 0.2) is 24.3 Å². The number of hydrogen-bond acceptors (Lipinski definition) is 3. The highest BCUT2D eigenvalue weighted by atomic mass is 35.5. The average Bonchev–Trinajstić information content (AvgIpc) is 2.24. The normalized spacial score (nSPS) is 11.6. The van der Waals surface area contributed by atoms with Crippen LogP contribution in [0.4, 0.5) is 13.2 Å². The Kier molecular flexibility index (Phi) is 5.03. The van der Waals surface area contributed by atoms with Crippen molar-refractivity contribution < 1.29 is 27.4 Å². The first-order valence-electron chi connectivity index (χ1n) is 4.63. The highest BCUT2D eigenvalue weighted by Gasteiger charge is 2.31. The van der Waals surface area contributed by atoms with E-state index < -0.39 is 12.1 Å². The predicted molar refractivity (Wildman–Crippen MR) is 58.8 cm³/mol. The fourth-order valence-corrected chi connectivity index (χ4v) is 1.33. The van der Waals surface area contributed by atoms with E-state index in [1.165, 1.54) is 24.7 Å². The second-order valence-electron chi connectivity index (χ2n) is 3.03. The highest BCUT2D eigenvalue weighted by Crippen LogP contribution is 2.28. The Morgan fingerprint density at radius 2 is 2.11 bits per heavy atom. The Balaban J connectivity index is 2.73. The van der Waals surface area contributed by atoms with Crippen molar-refractivity contribution in [3.8, 4) is 5.75 Å². The highest BCUT2D eigenvalue weighted by molar-refractivity contribution is 6.32. The maximum atomic E-state index is 11.9. The lowest BCUT2D eigenvalue weighted by Crippen LogP contribution is -2.17. The molecule has 0 aliphatic rings. The second kappa shape index (κ2) is 6.30. The molecule has 0 aliphatic carbocycles. The third kappa shape index (κ3) is 5.09. The van der Waals surface area contributed by atoms with Crippen molar-refractivity contribution in [1.82, 2.24) is 0 Å². The maximum absolute atomic E-state index is 11.9. The SMILES string of the molecule is O=[C]OC/C=C/c1ccc(OC(F)(F)F)cc1Cl. The van der Waals surface area contributed by atoms with E-state index in [4.69, 9.17) is 11.6 Å². The van der Waals surface area contributed by atoms with Gasteiger partial charge in [-0.1, -0.05) is 17.7 Å². The third-order valence-corrected chi connectivity index (χ3v) is 2.07. The number of rotatable bonds is 5. The van der Waals surface area contributed by atoms with Crippen molar-refractivity contribution in [1.29, 1.82) is 0 Å². The number of alkyl halides is 3. The second-order valence-corrected chi connectivity index (χ2v) is 3.44. The quantitative estimate of drug-likeness (QED) is 0.776. The van der Waals surface area contributed by atoms with Crippen molar-refractivity contribution in [2.75, 3.05) is 6.61 Å². The Labute approximate surface area is 106 Å². The van der Waals surface area contributed by atoms with Gasteiger partial charge in [0, 0.05) is 0 Å². The molecule has 0 N–H and O–H groups in total. The van der Waals surface area contributed by atoms with E-state index >= 15 is 0 Å². The van der Waals surface area contributed by atoms with Crippen LogP contribution in [0.25, 0.3) is 6.08 Å². The first-order valence-corrected chi connectivity index (χ1v) is 5.01. The lowest BCUT2D eigenvalue weighted by atomic mass is 10.2. The molecule has 97 valence electrons. The smallest absolute Gasteiger partial charge is 0.453 e. The summed E-state index contributed by atoms with van der Waals surface area (Å²) >= 11 is 5.75. The Hall–Kier alpha value is -1.69. The molecule has 0 amide bonds. The molecule has 18 heavy (non-hydrogen) atoms. The van der Waals surface area contributed by atoms with E-state index in [0.717, 1.165) is 12.1 Å². The first-order chi connectivity index (χ1) is 8.42. The van der Waals surface area contributed by atoms with Gasteiger partial charge in [0.25, 0.3) is 0 Å². The maximum Gasteiger partial charge on any atom is 0.573 e. The van der Waals surface area contributed by atoms with Crippen molar-refractivity contribution in [2.24, 2.45) is 0 Å². The molecular weight excluding hydrogens is 273 g/mol. The number of carbonyl (C=O) groups excluding carboxylic acids is 1. The zero-order chi connectivity index (χ0) is 13.6. The molecule has 0 fully saturated rings. The molecule has 0 bridgehead atoms. The molecule has 0 saturated carbocycles. The number of halogens is 4. The summed E-state index contributed by atoms with van der Waals surface area (Å²) in [6.07, 6.45) is -1.79. The third-order valence-electron chi connectivity index (χ3n) is 1.74. The van der Waals surface area contributed by atoms with Gasteiger partial charge in [0.05, 0.1) is 5.02 Å². The van der Waals surface area contributed by atoms with E-state index in [0.29, 0.717) is 5.56 Å². The van der Waals surface area contributed by atoms with E-state index in [1.54, 1.807) is 0 Å². The first kappa shape index (κ1) is 14.4. The van der Waals surface area contributed by atoms with Gasteiger partial charge in [-0.3, -0.25) is 0 Å². The molecule has 7 heteroatoms. The monoisotopic (exact) mass is 279 g/mol. The van der Waals surface area contributed by atoms with Crippen LogP contribution in [0.2, 0.25) is 5.02 Å². The summed E-state index contributed by atoms with van der Waals surface area (Å²) in [5.41, 5.74) is 0.473. The minimum absolute atomic E-state index is 0.000626. The largest absolute Gasteiger partial charge is 0.573 e. The average molecular weight is 280 g/mol. The van der Waals surface area contributed by atoms with Crippen molar-refractivity contribution >= 4 is 24.1 Å².